The van der Waals surface area contributed by atoms with Crippen molar-refractivity contribution in [2.24, 2.45) is 0 Å². The third-order valence-corrected chi connectivity index (χ3v) is 5.91. The smallest absolute Gasteiger partial charge is 0.143 e. The van der Waals surface area contributed by atoms with Crippen LogP contribution in [-0.2, 0) is 0 Å². The lowest BCUT2D eigenvalue weighted by Gasteiger charge is -2.13. The Hall–Kier alpha value is -1.95. The summed E-state index contributed by atoms with van der Waals surface area (Å²) in [5, 5.41) is 7.25. The summed E-state index contributed by atoms with van der Waals surface area (Å²) in [6.45, 7) is 4.08. The monoisotopic (exact) mass is 443 g/mol. The largest absolute Gasteiger partial charge is 0.338 e. The van der Waals surface area contributed by atoms with Crippen LogP contribution in [0.25, 0.3) is 21.3 Å². The maximum atomic E-state index is 6.48. The van der Waals surface area contributed by atoms with Crippen molar-refractivity contribution in [3.63, 3.8) is 0 Å². The number of thiophene rings is 1. The van der Waals surface area contributed by atoms with Crippen molar-refractivity contribution in [2.45, 2.75) is 13.8 Å². The number of nitrogens with zero attached hydrogens (tertiary/aromatic N) is 2. The van der Waals surface area contributed by atoms with E-state index in [1.165, 1.54) is 0 Å². The summed E-state index contributed by atoms with van der Waals surface area (Å²) in [4.78, 5) is 9.88. The van der Waals surface area contributed by atoms with Crippen molar-refractivity contribution >= 4 is 60.6 Å². The molecule has 0 saturated carbocycles. The maximum absolute atomic E-state index is 6.48. The average Bonchev–Trinajstić information content (AvgIpc) is 3.03. The van der Waals surface area contributed by atoms with Crippen molar-refractivity contribution in [1.29, 1.82) is 0 Å². The van der Waals surface area contributed by atoms with Crippen molar-refractivity contribution < 1.29 is 0 Å². The summed E-state index contributed by atoms with van der Waals surface area (Å²) in [6, 6.07) is 12.3. The number of hydrogen-bond acceptors (Lipinski definition) is 4. The lowest BCUT2D eigenvalue weighted by molar-refractivity contribution is 1.22. The van der Waals surface area contributed by atoms with Gasteiger partial charge < -0.3 is 5.32 Å². The van der Waals surface area contributed by atoms with Gasteiger partial charge in [0.15, 0.2) is 0 Å². The SMILES string of the molecule is Cc1cc(C)c(Nc2ncnc3scc(-c4ccc(Br)cc4)c23)c(Cl)c1. The number of aryl methyl sites for hydroxylation is 2. The molecule has 0 bridgehead atoms. The fraction of sp³-hybridized carbons (Fsp3) is 0.100. The Bertz CT molecular complexity index is 1080. The molecule has 2 aromatic carbocycles. The van der Waals surface area contributed by atoms with Crippen molar-refractivity contribution in [3.8, 4) is 11.1 Å². The molecule has 4 rings (SSSR count). The highest BCUT2D eigenvalue weighted by molar-refractivity contribution is 9.10. The first-order valence-electron chi connectivity index (χ1n) is 8.05. The van der Waals surface area contributed by atoms with Crippen LogP contribution < -0.4 is 5.32 Å². The zero-order valence-electron chi connectivity index (χ0n) is 14.2. The van der Waals surface area contributed by atoms with Gasteiger partial charge in [0, 0.05) is 15.4 Å². The molecule has 3 nitrogen and oxygen atoms in total. The Balaban J connectivity index is 1.86. The molecule has 26 heavy (non-hydrogen) atoms. The number of aromatic nitrogens is 2. The van der Waals surface area contributed by atoms with E-state index in [0.717, 1.165) is 48.4 Å². The van der Waals surface area contributed by atoms with Gasteiger partial charge in [0.1, 0.15) is 17.0 Å². The Morgan fingerprint density at radius 3 is 2.58 bits per heavy atom. The summed E-state index contributed by atoms with van der Waals surface area (Å²) >= 11 is 11.6. The lowest BCUT2D eigenvalue weighted by atomic mass is 10.1. The van der Waals surface area contributed by atoms with Crippen LogP contribution in [0, 0.1) is 13.8 Å². The molecular weight excluding hydrogens is 430 g/mol. The van der Waals surface area contributed by atoms with Crippen LogP contribution in [0.5, 0.6) is 0 Å². The number of hydrogen-bond donors (Lipinski definition) is 1. The molecule has 0 unspecified atom stereocenters. The second kappa shape index (κ2) is 6.99. The van der Waals surface area contributed by atoms with Crippen LogP contribution in [0.2, 0.25) is 5.02 Å². The predicted molar refractivity (Wildman–Crippen MR) is 115 cm³/mol. The van der Waals surface area contributed by atoms with Gasteiger partial charge in [-0.25, -0.2) is 9.97 Å². The summed E-state index contributed by atoms with van der Waals surface area (Å²) in [6.07, 6.45) is 1.59. The second-order valence-corrected chi connectivity index (χ2v) is 8.30. The quantitative estimate of drug-likeness (QED) is 0.365. The molecule has 2 heterocycles. The van der Waals surface area contributed by atoms with E-state index in [9.17, 15) is 0 Å². The molecule has 1 N–H and O–H groups in total. The molecule has 0 aliphatic heterocycles. The molecule has 0 spiro atoms. The minimum Gasteiger partial charge on any atom is -0.338 e. The Labute approximate surface area is 169 Å². The zero-order valence-corrected chi connectivity index (χ0v) is 17.3. The Kier molecular flexibility index (Phi) is 4.69. The number of rotatable bonds is 3. The first-order chi connectivity index (χ1) is 12.5. The fourth-order valence-electron chi connectivity index (χ4n) is 3.00. The summed E-state index contributed by atoms with van der Waals surface area (Å²) in [5.74, 6) is 0.767. The standard InChI is InChI=1S/C20H15BrClN3S/c1-11-7-12(2)18(16(22)8-11)25-19-17-15(9-26-20(17)24-10-23-19)13-3-5-14(21)6-4-13/h3-10H,1-2H3,(H,23,24,25). The zero-order chi connectivity index (χ0) is 18.3. The lowest BCUT2D eigenvalue weighted by Crippen LogP contribution is -1.99. The summed E-state index contributed by atoms with van der Waals surface area (Å²) in [7, 11) is 0. The van der Waals surface area contributed by atoms with E-state index in [0.29, 0.717) is 5.02 Å². The molecule has 6 heteroatoms. The van der Waals surface area contributed by atoms with E-state index in [1.54, 1.807) is 17.7 Å². The number of anilines is 2. The molecular formula is C20H15BrClN3S. The van der Waals surface area contributed by atoms with Crippen molar-refractivity contribution in [2.75, 3.05) is 5.32 Å². The van der Waals surface area contributed by atoms with Crippen LogP contribution in [0.1, 0.15) is 11.1 Å². The van der Waals surface area contributed by atoms with Gasteiger partial charge in [0.2, 0.25) is 0 Å². The molecule has 0 aliphatic carbocycles. The van der Waals surface area contributed by atoms with E-state index < -0.39 is 0 Å². The van der Waals surface area contributed by atoms with E-state index in [2.05, 4.69) is 54.8 Å². The third-order valence-electron chi connectivity index (χ3n) is 4.20. The molecule has 0 aliphatic rings. The molecule has 0 fully saturated rings. The van der Waals surface area contributed by atoms with Crippen molar-refractivity contribution in [3.05, 3.63) is 68.7 Å². The molecule has 4 aromatic rings. The first kappa shape index (κ1) is 17.5. The van der Waals surface area contributed by atoms with Crippen LogP contribution in [0.4, 0.5) is 11.5 Å². The predicted octanol–water partition coefficient (Wildman–Crippen LogP) is 7.13. The highest BCUT2D eigenvalue weighted by Gasteiger charge is 2.15. The van der Waals surface area contributed by atoms with Crippen LogP contribution >= 0.6 is 38.9 Å². The summed E-state index contributed by atoms with van der Waals surface area (Å²) in [5.41, 5.74) is 5.34. The fourth-order valence-corrected chi connectivity index (χ4v) is 4.55. The van der Waals surface area contributed by atoms with Crippen LogP contribution in [0.15, 0.2) is 52.6 Å². The minimum absolute atomic E-state index is 0.690. The first-order valence-corrected chi connectivity index (χ1v) is 10.1. The molecule has 2 aromatic heterocycles. The summed E-state index contributed by atoms with van der Waals surface area (Å²) < 4.78 is 1.05. The van der Waals surface area contributed by atoms with Gasteiger partial charge in [-0.1, -0.05) is 45.7 Å². The van der Waals surface area contributed by atoms with Gasteiger partial charge >= 0.3 is 0 Å². The van der Waals surface area contributed by atoms with E-state index in [1.807, 2.05) is 32.0 Å². The van der Waals surface area contributed by atoms with Gasteiger partial charge in [-0.2, -0.15) is 0 Å². The molecule has 0 atom stereocenters. The second-order valence-electron chi connectivity index (χ2n) is 6.12. The van der Waals surface area contributed by atoms with Gasteiger partial charge in [0.05, 0.1) is 16.1 Å². The van der Waals surface area contributed by atoms with Gasteiger partial charge in [-0.05, 0) is 48.7 Å². The molecule has 0 radical (unpaired) electrons. The number of halogens is 2. The topological polar surface area (TPSA) is 37.8 Å². The van der Waals surface area contributed by atoms with Gasteiger partial charge in [0.25, 0.3) is 0 Å². The average molecular weight is 445 g/mol. The Morgan fingerprint density at radius 1 is 1.08 bits per heavy atom. The van der Waals surface area contributed by atoms with Crippen molar-refractivity contribution in [1.82, 2.24) is 9.97 Å². The Morgan fingerprint density at radius 2 is 1.85 bits per heavy atom. The molecule has 0 amide bonds. The van der Waals surface area contributed by atoms with E-state index in [-0.39, 0.29) is 0 Å². The van der Waals surface area contributed by atoms with Crippen LogP contribution in [-0.4, -0.2) is 9.97 Å². The van der Waals surface area contributed by atoms with E-state index in [4.69, 9.17) is 11.6 Å². The maximum Gasteiger partial charge on any atom is 0.143 e. The van der Waals surface area contributed by atoms with Gasteiger partial charge in [-0.15, -0.1) is 11.3 Å². The molecule has 0 saturated heterocycles. The highest BCUT2D eigenvalue weighted by atomic mass is 79.9. The third kappa shape index (κ3) is 3.22. The number of fused-ring (bicyclic) bond motifs is 1. The number of nitrogens with one attached hydrogen (secondary N) is 1. The van der Waals surface area contributed by atoms with Crippen LogP contribution in [0.3, 0.4) is 0 Å². The molecule has 130 valence electrons. The van der Waals surface area contributed by atoms with E-state index >= 15 is 0 Å². The number of benzene rings is 2. The minimum atomic E-state index is 0.690. The normalized spacial score (nSPS) is 11.1. The highest BCUT2D eigenvalue weighted by Crippen LogP contribution is 2.39. The van der Waals surface area contributed by atoms with Gasteiger partial charge in [-0.3, -0.25) is 0 Å².